The number of likely N-dealkylation sites (tertiary alicyclic amines) is 1. The average Bonchev–Trinajstić information content (AvgIpc) is 3.43. The van der Waals surface area contributed by atoms with E-state index >= 15 is 0 Å². The number of rotatable bonds is 4. The van der Waals surface area contributed by atoms with Gasteiger partial charge in [0.2, 0.25) is 5.82 Å². The molecule has 1 aromatic heterocycles. The number of halogens is 6. The molecule has 1 aliphatic rings. The van der Waals surface area contributed by atoms with Gasteiger partial charge in [0.15, 0.2) is 0 Å². The van der Waals surface area contributed by atoms with E-state index in [2.05, 4.69) is 14.7 Å². The van der Waals surface area contributed by atoms with Crippen LogP contribution in [0.4, 0.5) is 26.3 Å². The number of carbonyl (C=O) groups is 1. The van der Waals surface area contributed by atoms with Crippen LogP contribution in [0.25, 0.3) is 11.4 Å². The lowest BCUT2D eigenvalue weighted by molar-refractivity contribution is -0.159. The lowest BCUT2D eigenvalue weighted by Gasteiger charge is -2.17. The molecule has 174 valence electrons. The third-order valence-electron chi connectivity index (χ3n) is 4.98. The third kappa shape index (κ3) is 5.32. The summed E-state index contributed by atoms with van der Waals surface area (Å²) in [7, 11) is 0. The molecule has 3 aromatic rings. The van der Waals surface area contributed by atoms with E-state index in [-0.39, 0.29) is 22.5 Å². The average molecular weight is 487 g/mol. The maximum Gasteiger partial charge on any atom is 0.471 e. The van der Waals surface area contributed by atoms with E-state index < -0.39 is 23.8 Å². The van der Waals surface area contributed by atoms with E-state index in [1.54, 1.807) is 29.2 Å². The smallest absolute Gasteiger partial charge is 0.337 e. The van der Waals surface area contributed by atoms with Gasteiger partial charge < -0.3 is 9.42 Å². The molecule has 1 atom stereocenters. The standard InChI is InChI=1S/C21H15F6N3O2S/c22-20(23,24)14-5-1-13(2-6-14)18(31)30-10-9-16(11-30)33-15-7-3-12(4-8-15)17-28-19(32-29-17)21(25,26)27/h1-8,16H,9-11H2/t16-/m0/s1. The lowest BCUT2D eigenvalue weighted by atomic mass is 10.1. The first-order valence-electron chi connectivity index (χ1n) is 9.65. The van der Waals surface area contributed by atoms with Crippen LogP contribution in [-0.2, 0) is 12.4 Å². The van der Waals surface area contributed by atoms with Gasteiger partial charge in [-0.3, -0.25) is 4.79 Å². The van der Waals surface area contributed by atoms with Crippen molar-refractivity contribution < 1.29 is 35.7 Å². The topological polar surface area (TPSA) is 59.2 Å². The summed E-state index contributed by atoms with van der Waals surface area (Å²) in [5, 5.41) is 3.41. The first kappa shape index (κ1) is 23.1. The maximum atomic E-state index is 12.7. The first-order chi connectivity index (χ1) is 15.5. The summed E-state index contributed by atoms with van der Waals surface area (Å²) < 4.78 is 80.1. The molecule has 0 unspecified atom stereocenters. The third-order valence-corrected chi connectivity index (χ3v) is 6.24. The number of hydrogen-bond acceptors (Lipinski definition) is 5. The summed E-state index contributed by atoms with van der Waals surface area (Å²) in [6.45, 7) is 0.894. The summed E-state index contributed by atoms with van der Waals surface area (Å²) in [6, 6.07) is 10.7. The highest BCUT2D eigenvalue weighted by atomic mass is 32.2. The van der Waals surface area contributed by atoms with Crippen LogP contribution in [0.3, 0.4) is 0 Å². The van der Waals surface area contributed by atoms with Crippen molar-refractivity contribution >= 4 is 17.7 Å². The van der Waals surface area contributed by atoms with E-state index in [1.165, 1.54) is 23.9 Å². The van der Waals surface area contributed by atoms with Gasteiger partial charge in [0.1, 0.15) is 0 Å². The van der Waals surface area contributed by atoms with Crippen LogP contribution < -0.4 is 0 Å². The zero-order chi connectivity index (χ0) is 23.8. The molecule has 5 nitrogen and oxygen atoms in total. The Bertz CT molecular complexity index is 1130. The highest BCUT2D eigenvalue weighted by Crippen LogP contribution is 2.33. The summed E-state index contributed by atoms with van der Waals surface area (Å²) in [4.78, 5) is 18.4. The quantitative estimate of drug-likeness (QED) is 0.437. The fraction of sp³-hybridized carbons (Fsp3) is 0.286. The Labute approximate surface area is 187 Å². The SMILES string of the molecule is O=C(c1ccc(C(F)(F)F)cc1)N1CC[C@H](Sc2ccc(-c3noc(C(F)(F)F)n3)cc2)C1. The molecule has 33 heavy (non-hydrogen) atoms. The molecule has 2 aromatic carbocycles. The molecular weight excluding hydrogens is 472 g/mol. The van der Waals surface area contributed by atoms with Gasteiger partial charge >= 0.3 is 18.2 Å². The summed E-state index contributed by atoms with van der Waals surface area (Å²) in [5.41, 5.74) is -0.256. The number of benzene rings is 2. The molecule has 0 radical (unpaired) electrons. The van der Waals surface area contributed by atoms with Crippen LogP contribution in [0.5, 0.6) is 0 Å². The van der Waals surface area contributed by atoms with Gasteiger partial charge in [-0.2, -0.15) is 31.3 Å². The van der Waals surface area contributed by atoms with Gasteiger partial charge in [-0.05, 0) is 55.0 Å². The van der Waals surface area contributed by atoms with Gasteiger partial charge in [-0.1, -0.05) is 5.16 Å². The van der Waals surface area contributed by atoms with Gasteiger partial charge in [0.25, 0.3) is 5.91 Å². The molecule has 1 fully saturated rings. The zero-order valence-electron chi connectivity index (χ0n) is 16.7. The monoisotopic (exact) mass is 487 g/mol. The molecule has 0 saturated carbocycles. The first-order valence-corrected chi connectivity index (χ1v) is 10.5. The van der Waals surface area contributed by atoms with Crippen molar-refractivity contribution in [3.63, 3.8) is 0 Å². The predicted octanol–water partition coefficient (Wildman–Crippen LogP) is 5.78. The number of amides is 1. The van der Waals surface area contributed by atoms with Crippen LogP contribution in [0, 0.1) is 0 Å². The van der Waals surface area contributed by atoms with Crippen molar-refractivity contribution in [1.29, 1.82) is 0 Å². The second kappa shape index (κ2) is 8.73. The molecule has 12 heteroatoms. The van der Waals surface area contributed by atoms with Crippen LogP contribution in [0.15, 0.2) is 57.9 Å². The molecule has 1 saturated heterocycles. The highest BCUT2D eigenvalue weighted by Gasteiger charge is 2.38. The van der Waals surface area contributed by atoms with Crippen LogP contribution in [0.2, 0.25) is 0 Å². The fourth-order valence-electron chi connectivity index (χ4n) is 3.32. The van der Waals surface area contributed by atoms with Crippen LogP contribution in [0.1, 0.15) is 28.2 Å². The Morgan fingerprint density at radius 1 is 0.970 bits per heavy atom. The Balaban J connectivity index is 1.35. The number of aromatic nitrogens is 2. The van der Waals surface area contributed by atoms with Crippen molar-refractivity contribution in [3.8, 4) is 11.4 Å². The fourth-order valence-corrected chi connectivity index (χ4v) is 4.48. The summed E-state index contributed by atoms with van der Waals surface area (Å²) in [6.07, 6.45) is -8.48. The summed E-state index contributed by atoms with van der Waals surface area (Å²) >= 11 is 1.50. The Morgan fingerprint density at radius 3 is 2.21 bits per heavy atom. The van der Waals surface area contributed by atoms with Crippen molar-refractivity contribution in [2.24, 2.45) is 0 Å². The minimum absolute atomic E-state index is 0.0660. The molecular formula is C21H15F6N3O2S. The van der Waals surface area contributed by atoms with E-state index in [0.717, 1.165) is 17.0 Å². The van der Waals surface area contributed by atoms with Crippen LogP contribution >= 0.6 is 11.8 Å². The molecule has 0 N–H and O–H groups in total. The normalized spacial score (nSPS) is 16.9. The number of carbonyl (C=O) groups excluding carboxylic acids is 1. The van der Waals surface area contributed by atoms with E-state index in [1.807, 2.05) is 0 Å². The van der Waals surface area contributed by atoms with Crippen molar-refractivity contribution in [2.75, 3.05) is 13.1 Å². The Kier molecular flexibility index (Phi) is 6.12. The second-order valence-corrected chi connectivity index (χ2v) is 8.67. The van der Waals surface area contributed by atoms with Gasteiger partial charge in [-0.25, -0.2) is 0 Å². The van der Waals surface area contributed by atoms with Crippen molar-refractivity contribution in [2.45, 2.75) is 28.9 Å². The molecule has 2 heterocycles. The molecule has 4 rings (SSSR count). The molecule has 1 amide bonds. The molecule has 0 aliphatic carbocycles. The van der Waals surface area contributed by atoms with E-state index in [4.69, 9.17) is 0 Å². The second-order valence-electron chi connectivity index (χ2n) is 7.30. The van der Waals surface area contributed by atoms with Gasteiger partial charge in [0, 0.05) is 34.4 Å². The van der Waals surface area contributed by atoms with Crippen molar-refractivity contribution in [1.82, 2.24) is 15.0 Å². The Morgan fingerprint density at radius 2 is 1.64 bits per heavy atom. The lowest BCUT2D eigenvalue weighted by Crippen LogP contribution is -2.29. The molecule has 1 aliphatic heterocycles. The minimum Gasteiger partial charge on any atom is -0.337 e. The number of thioether (sulfide) groups is 1. The van der Waals surface area contributed by atoms with Gasteiger partial charge in [0.05, 0.1) is 5.56 Å². The maximum absolute atomic E-state index is 12.7. The van der Waals surface area contributed by atoms with Gasteiger partial charge in [-0.15, -0.1) is 11.8 Å². The number of nitrogens with zero attached hydrogens (tertiary/aromatic N) is 3. The Hall–Kier alpha value is -3.02. The van der Waals surface area contributed by atoms with Crippen LogP contribution in [-0.4, -0.2) is 39.3 Å². The zero-order valence-corrected chi connectivity index (χ0v) is 17.5. The largest absolute Gasteiger partial charge is 0.471 e. The van der Waals surface area contributed by atoms with Crippen molar-refractivity contribution in [3.05, 3.63) is 65.5 Å². The van der Waals surface area contributed by atoms with E-state index in [0.29, 0.717) is 25.1 Å². The number of hydrogen-bond donors (Lipinski definition) is 0. The summed E-state index contributed by atoms with van der Waals surface area (Å²) in [5.74, 6) is -1.92. The highest BCUT2D eigenvalue weighted by molar-refractivity contribution is 8.00. The van der Waals surface area contributed by atoms with E-state index in [9.17, 15) is 31.1 Å². The minimum atomic E-state index is -4.72. The molecule has 0 bridgehead atoms. The molecule has 0 spiro atoms. The number of alkyl halides is 6. The predicted molar refractivity (Wildman–Crippen MR) is 106 cm³/mol.